The molecule has 2 aliphatic rings. The summed E-state index contributed by atoms with van der Waals surface area (Å²) in [5.41, 5.74) is 0. The van der Waals surface area contributed by atoms with Crippen LogP contribution in [0, 0.1) is 17.8 Å². The van der Waals surface area contributed by atoms with Gasteiger partial charge in [0, 0.05) is 19.1 Å². The van der Waals surface area contributed by atoms with Gasteiger partial charge < -0.3 is 15.1 Å². The quantitative estimate of drug-likeness (QED) is 0.821. The van der Waals surface area contributed by atoms with Crippen molar-refractivity contribution >= 4 is 0 Å². The second-order valence-electron chi connectivity index (χ2n) is 7.14. The Morgan fingerprint density at radius 3 is 2.68 bits per heavy atom. The van der Waals surface area contributed by atoms with E-state index in [0.717, 1.165) is 23.8 Å². The first-order valence-corrected chi connectivity index (χ1v) is 8.17. The minimum Gasteiger partial charge on any atom is -0.316 e. The van der Waals surface area contributed by atoms with E-state index in [1.807, 2.05) is 0 Å². The van der Waals surface area contributed by atoms with Gasteiger partial charge in [-0.2, -0.15) is 0 Å². The van der Waals surface area contributed by atoms with Crippen LogP contribution in [-0.2, 0) is 0 Å². The van der Waals surface area contributed by atoms with Crippen molar-refractivity contribution in [3.8, 4) is 0 Å². The molecular weight excluding hydrogens is 234 g/mol. The van der Waals surface area contributed by atoms with Crippen molar-refractivity contribution in [3.63, 3.8) is 0 Å². The summed E-state index contributed by atoms with van der Waals surface area (Å²) in [6.45, 7) is 11.2. The van der Waals surface area contributed by atoms with E-state index in [0.29, 0.717) is 0 Å². The standard InChI is InChI=1S/C16H33N3/c1-13(15-6-5-8-17-10-15)7-9-19-11-14(2)16(12-19)18(3)4/h13-17H,5-12H2,1-4H3. The average molecular weight is 267 g/mol. The number of likely N-dealkylation sites (N-methyl/N-ethyl adjacent to an activating group) is 1. The molecule has 0 saturated carbocycles. The fraction of sp³-hybridized carbons (Fsp3) is 1.00. The van der Waals surface area contributed by atoms with Gasteiger partial charge in [-0.1, -0.05) is 13.8 Å². The molecule has 0 radical (unpaired) electrons. The van der Waals surface area contributed by atoms with Gasteiger partial charge in [0.05, 0.1) is 0 Å². The van der Waals surface area contributed by atoms with Crippen LogP contribution >= 0.6 is 0 Å². The van der Waals surface area contributed by atoms with E-state index in [2.05, 4.69) is 43.1 Å². The molecule has 2 fully saturated rings. The Kier molecular flexibility index (Phi) is 5.67. The Morgan fingerprint density at radius 1 is 1.32 bits per heavy atom. The van der Waals surface area contributed by atoms with Crippen molar-refractivity contribution in [1.82, 2.24) is 15.1 Å². The summed E-state index contributed by atoms with van der Waals surface area (Å²) in [7, 11) is 4.45. The number of piperidine rings is 1. The highest BCUT2D eigenvalue weighted by Gasteiger charge is 2.31. The van der Waals surface area contributed by atoms with Gasteiger partial charge in [0.2, 0.25) is 0 Å². The number of hydrogen-bond acceptors (Lipinski definition) is 3. The second kappa shape index (κ2) is 7.05. The lowest BCUT2D eigenvalue weighted by Gasteiger charge is -2.29. The van der Waals surface area contributed by atoms with E-state index in [1.165, 1.54) is 52.0 Å². The average Bonchev–Trinajstić information content (AvgIpc) is 2.78. The molecule has 0 aromatic carbocycles. The first-order valence-electron chi connectivity index (χ1n) is 8.17. The zero-order valence-corrected chi connectivity index (χ0v) is 13.4. The van der Waals surface area contributed by atoms with E-state index < -0.39 is 0 Å². The van der Waals surface area contributed by atoms with Crippen molar-refractivity contribution in [3.05, 3.63) is 0 Å². The molecule has 0 spiro atoms. The second-order valence-corrected chi connectivity index (χ2v) is 7.14. The summed E-state index contributed by atoms with van der Waals surface area (Å²) >= 11 is 0. The first-order chi connectivity index (χ1) is 9.08. The third-order valence-electron chi connectivity index (χ3n) is 5.35. The van der Waals surface area contributed by atoms with E-state index in [9.17, 15) is 0 Å². The van der Waals surface area contributed by atoms with Gasteiger partial charge in [-0.3, -0.25) is 0 Å². The Balaban J connectivity index is 1.70. The molecule has 0 amide bonds. The molecule has 2 heterocycles. The lowest BCUT2D eigenvalue weighted by molar-refractivity contribution is 0.220. The molecule has 0 aromatic heterocycles. The van der Waals surface area contributed by atoms with Crippen molar-refractivity contribution in [1.29, 1.82) is 0 Å². The van der Waals surface area contributed by atoms with Crippen LogP contribution in [0.5, 0.6) is 0 Å². The highest BCUT2D eigenvalue weighted by atomic mass is 15.2. The molecule has 2 rings (SSSR count). The minimum absolute atomic E-state index is 0.756. The van der Waals surface area contributed by atoms with Gasteiger partial charge in [0.15, 0.2) is 0 Å². The van der Waals surface area contributed by atoms with Gasteiger partial charge in [-0.05, 0) is 70.7 Å². The van der Waals surface area contributed by atoms with Crippen LogP contribution in [0.4, 0.5) is 0 Å². The Morgan fingerprint density at radius 2 is 2.11 bits per heavy atom. The fourth-order valence-electron chi connectivity index (χ4n) is 3.89. The Hall–Kier alpha value is -0.120. The molecule has 1 N–H and O–H groups in total. The molecule has 3 nitrogen and oxygen atoms in total. The predicted molar refractivity (Wildman–Crippen MR) is 82.5 cm³/mol. The highest BCUT2D eigenvalue weighted by molar-refractivity contribution is 4.87. The molecule has 112 valence electrons. The summed E-state index contributed by atoms with van der Waals surface area (Å²) in [6.07, 6.45) is 4.18. The number of nitrogens with zero attached hydrogens (tertiary/aromatic N) is 2. The number of hydrogen-bond donors (Lipinski definition) is 1. The predicted octanol–water partition coefficient (Wildman–Crippen LogP) is 1.89. The summed E-state index contributed by atoms with van der Waals surface area (Å²) < 4.78 is 0. The summed E-state index contributed by atoms with van der Waals surface area (Å²) in [4.78, 5) is 5.08. The maximum Gasteiger partial charge on any atom is 0.0254 e. The molecule has 3 heteroatoms. The Labute approximate surface area is 119 Å². The van der Waals surface area contributed by atoms with Crippen LogP contribution in [-0.4, -0.2) is 62.7 Å². The highest BCUT2D eigenvalue weighted by Crippen LogP contribution is 2.25. The van der Waals surface area contributed by atoms with Crippen LogP contribution in [0.25, 0.3) is 0 Å². The molecule has 4 atom stereocenters. The van der Waals surface area contributed by atoms with Crippen LogP contribution in [0.3, 0.4) is 0 Å². The first kappa shape index (κ1) is 15.3. The normalized spacial score (nSPS) is 34.9. The zero-order chi connectivity index (χ0) is 13.8. The molecule has 4 unspecified atom stereocenters. The van der Waals surface area contributed by atoms with Gasteiger partial charge in [0.1, 0.15) is 0 Å². The SMILES string of the molecule is CC(CCN1CC(C)C(N(C)C)C1)C1CCCNC1. The van der Waals surface area contributed by atoms with Crippen molar-refractivity contribution in [2.24, 2.45) is 17.8 Å². The Bertz CT molecular complexity index is 261. The van der Waals surface area contributed by atoms with E-state index in [-0.39, 0.29) is 0 Å². The number of rotatable bonds is 5. The molecule has 2 saturated heterocycles. The molecule has 2 aliphatic heterocycles. The summed E-state index contributed by atoms with van der Waals surface area (Å²) in [6, 6.07) is 0.756. The zero-order valence-electron chi connectivity index (χ0n) is 13.4. The molecule has 0 aromatic rings. The fourth-order valence-corrected chi connectivity index (χ4v) is 3.89. The topological polar surface area (TPSA) is 18.5 Å². The van der Waals surface area contributed by atoms with Crippen molar-refractivity contribution < 1.29 is 0 Å². The van der Waals surface area contributed by atoms with E-state index in [4.69, 9.17) is 0 Å². The smallest absolute Gasteiger partial charge is 0.0254 e. The van der Waals surface area contributed by atoms with Crippen LogP contribution in [0.15, 0.2) is 0 Å². The van der Waals surface area contributed by atoms with Gasteiger partial charge >= 0.3 is 0 Å². The van der Waals surface area contributed by atoms with Crippen molar-refractivity contribution in [2.45, 2.75) is 39.2 Å². The lowest BCUT2D eigenvalue weighted by atomic mass is 9.85. The van der Waals surface area contributed by atoms with Gasteiger partial charge in [-0.25, -0.2) is 0 Å². The van der Waals surface area contributed by atoms with Crippen LogP contribution in [0.1, 0.15) is 33.1 Å². The minimum atomic E-state index is 0.756. The van der Waals surface area contributed by atoms with E-state index >= 15 is 0 Å². The van der Waals surface area contributed by atoms with Crippen LogP contribution in [0.2, 0.25) is 0 Å². The van der Waals surface area contributed by atoms with E-state index in [1.54, 1.807) is 0 Å². The molecule has 0 bridgehead atoms. The maximum atomic E-state index is 3.55. The largest absolute Gasteiger partial charge is 0.316 e. The monoisotopic (exact) mass is 267 g/mol. The van der Waals surface area contributed by atoms with Gasteiger partial charge in [-0.15, -0.1) is 0 Å². The molecular formula is C16H33N3. The van der Waals surface area contributed by atoms with Crippen LogP contribution < -0.4 is 5.32 Å². The molecule has 0 aliphatic carbocycles. The van der Waals surface area contributed by atoms with Crippen molar-refractivity contribution in [2.75, 3.05) is 46.8 Å². The number of likely N-dealkylation sites (tertiary alicyclic amines) is 1. The third kappa shape index (κ3) is 4.17. The maximum absolute atomic E-state index is 3.55. The number of nitrogens with one attached hydrogen (secondary N) is 1. The van der Waals surface area contributed by atoms with Gasteiger partial charge in [0.25, 0.3) is 0 Å². The summed E-state index contributed by atoms with van der Waals surface area (Å²) in [5, 5.41) is 3.55. The third-order valence-corrected chi connectivity index (χ3v) is 5.35. The lowest BCUT2D eigenvalue weighted by Crippen LogP contribution is -2.36. The summed E-state index contributed by atoms with van der Waals surface area (Å²) in [5.74, 6) is 2.61. The molecule has 19 heavy (non-hydrogen) atoms.